The average molecular weight is 416 g/mol. The first kappa shape index (κ1) is 20.0. The standard InChI is InChI=1S/C29H25N3/c1-20-16-21(2)18-26(17-20)29-31-30-28(24-12-8-5-9-13-24)32(29)27-15-14-25(19-22(27)3)23-10-6-4-7-11-23/h4-19H,1-3H3. The van der Waals surface area contributed by atoms with Crippen LogP contribution in [0.2, 0.25) is 0 Å². The highest BCUT2D eigenvalue weighted by Crippen LogP contribution is 2.32. The third-order valence-electron chi connectivity index (χ3n) is 5.72. The summed E-state index contributed by atoms with van der Waals surface area (Å²) in [4.78, 5) is 0. The van der Waals surface area contributed by atoms with E-state index in [1.54, 1.807) is 0 Å². The summed E-state index contributed by atoms with van der Waals surface area (Å²) < 4.78 is 2.19. The van der Waals surface area contributed by atoms with E-state index in [0.717, 1.165) is 28.5 Å². The quantitative estimate of drug-likeness (QED) is 0.311. The lowest BCUT2D eigenvalue weighted by molar-refractivity contribution is 1.05. The first-order valence-corrected chi connectivity index (χ1v) is 10.9. The lowest BCUT2D eigenvalue weighted by atomic mass is 10.0. The summed E-state index contributed by atoms with van der Waals surface area (Å²) in [5.41, 5.74) is 9.22. The van der Waals surface area contributed by atoms with Crippen LogP contribution in [-0.4, -0.2) is 14.8 Å². The van der Waals surface area contributed by atoms with Gasteiger partial charge in [0.1, 0.15) is 0 Å². The van der Waals surface area contributed by atoms with E-state index in [1.165, 1.54) is 27.8 Å². The summed E-state index contributed by atoms with van der Waals surface area (Å²) in [6.45, 7) is 6.40. The highest BCUT2D eigenvalue weighted by molar-refractivity contribution is 5.71. The van der Waals surface area contributed by atoms with Crippen molar-refractivity contribution in [2.75, 3.05) is 0 Å². The third-order valence-corrected chi connectivity index (χ3v) is 5.72. The molecule has 5 rings (SSSR count). The van der Waals surface area contributed by atoms with Gasteiger partial charge in [0.25, 0.3) is 0 Å². The fourth-order valence-corrected chi connectivity index (χ4v) is 4.29. The highest BCUT2D eigenvalue weighted by atomic mass is 15.3. The molecule has 0 aliphatic carbocycles. The molecule has 156 valence electrons. The minimum Gasteiger partial charge on any atom is -0.275 e. The van der Waals surface area contributed by atoms with Gasteiger partial charge in [-0.25, -0.2) is 0 Å². The molecular formula is C29H25N3. The normalized spacial score (nSPS) is 11.0. The van der Waals surface area contributed by atoms with Gasteiger partial charge in [-0.3, -0.25) is 4.57 Å². The van der Waals surface area contributed by atoms with Crippen molar-refractivity contribution in [3.8, 4) is 39.6 Å². The van der Waals surface area contributed by atoms with E-state index in [-0.39, 0.29) is 0 Å². The van der Waals surface area contributed by atoms with Gasteiger partial charge in [0.05, 0.1) is 5.69 Å². The molecule has 5 aromatic rings. The summed E-state index contributed by atoms with van der Waals surface area (Å²) in [5, 5.41) is 9.29. The molecule has 0 unspecified atom stereocenters. The molecule has 0 radical (unpaired) electrons. The molecule has 0 fully saturated rings. The number of aryl methyl sites for hydroxylation is 3. The van der Waals surface area contributed by atoms with E-state index in [4.69, 9.17) is 0 Å². The predicted octanol–water partition coefficient (Wildman–Crippen LogP) is 7.19. The zero-order valence-corrected chi connectivity index (χ0v) is 18.6. The minimum atomic E-state index is 0.843. The Labute approximate surface area is 189 Å². The van der Waals surface area contributed by atoms with E-state index in [0.29, 0.717) is 0 Å². The monoisotopic (exact) mass is 415 g/mol. The molecule has 1 heterocycles. The van der Waals surface area contributed by atoms with Gasteiger partial charge in [-0.15, -0.1) is 10.2 Å². The molecule has 0 atom stereocenters. The van der Waals surface area contributed by atoms with Crippen LogP contribution in [0.3, 0.4) is 0 Å². The topological polar surface area (TPSA) is 30.7 Å². The molecule has 0 aliphatic rings. The number of nitrogens with zero attached hydrogens (tertiary/aromatic N) is 3. The SMILES string of the molecule is Cc1cc(C)cc(-c2nnc(-c3ccccc3)n2-c2ccc(-c3ccccc3)cc2C)c1. The van der Waals surface area contributed by atoms with Gasteiger partial charge in [0.2, 0.25) is 0 Å². The molecule has 0 saturated heterocycles. The molecule has 0 amide bonds. The Morgan fingerprint density at radius 3 is 1.66 bits per heavy atom. The molecule has 0 spiro atoms. The average Bonchev–Trinajstić information content (AvgIpc) is 3.24. The maximum absolute atomic E-state index is 4.66. The Kier molecular flexibility index (Phi) is 5.16. The Bertz CT molecular complexity index is 1360. The molecule has 3 heteroatoms. The molecule has 4 aromatic carbocycles. The Hall–Kier alpha value is -3.98. The van der Waals surface area contributed by atoms with E-state index in [2.05, 4.69) is 108 Å². The van der Waals surface area contributed by atoms with Crippen molar-refractivity contribution in [2.45, 2.75) is 20.8 Å². The van der Waals surface area contributed by atoms with E-state index in [9.17, 15) is 0 Å². The molecule has 0 bridgehead atoms. The van der Waals surface area contributed by atoms with Gasteiger partial charge in [-0.1, -0.05) is 83.9 Å². The Morgan fingerprint density at radius 1 is 0.500 bits per heavy atom. The number of benzene rings is 4. The zero-order chi connectivity index (χ0) is 22.1. The van der Waals surface area contributed by atoms with Crippen LogP contribution in [0.25, 0.3) is 39.6 Å². The maximum atomic E-state index is 4.66. The van der Waals surface area contributed by atoms with E-state index in [1.807, 2.05) is 24.3 Å². The van der Waals surface area contributed by atoms with Gasteiger partial charge in [-0.2, -0.15) is 0 Å². The third kappa shape index (κ3) is 3.74. The second kappa shape index (κ2) is 8.27. The molecule has 1 aromatic heterocycles. The van der Waals surface area contributed by atoms with Crippen LogP contribution in [0.1, 0.15) is 16.7 Å². The largest absolute Gasteiger partial charge is 0.275 e. The second-order valence-corrected chi connectivity index (χ2v) is 8.29. The number of hydrogen-bond donors (Lipinski definition) is 0. The van der Waals surface area contributed by atoms with Gasteiger partial charge in [0.15, 0.2) is 11.6 Å². The number of rotatable bonds is 4. The summed E-state index contributed by atoms with van der Waals surface area (Å²) in [6, 6.07) is 33.9. The Balaban J connectivity index is 1.72. The van der Waals surface area contributed by atoms with Crippen LogP contribution in [0.5, 0.6) is 0 Å². The summed E-state index contributed by atoms with van der Waals surface area (Å²) >= 11 is 0. The minimum absolute atomic E-state index is 0.843. The fraction of sp³-hybridized carbons (Fsp3) is 0.103. The van der Waals surface area contributed by atoms with Crippen LogP contribution in [0.4, 0.5) is 0 Å². The van der Waals surface area contributed by atoms with E-state index < -0.39 is 0 Å². The molecule has 3 nitrogen and oxygen atoms in total. The van der Waals surface area contributed by atoms with Crippen LogP contribution < -0.4 is 0 Å². The lowest BCUT2D eigenvalue weighted by Gasteiger charge is -2.15. The highest BCUT2D eigenvalue weighted by Gasteiger charge is 2.19. The van der Waals surface area contributed by atoms with Crippen molar-refractivity contribution < 1.29 is 0 Å². The molecule has 32 heavy (non-hydrogen) atoms. The first-order valence-electron chi connectivity index (χ1n) is 10.9. The van der Waals surface area contributed by atoms with Gasteiger partial charge in [0, 0.05) is 11.1 Å². The second-order valence-electron chi connectivity index (χ2n) is 8.29. The summed E-state index contributed by atoms with van der Waals surface area (Å²) in [7, 11) is 0. The van der Waals surface area contributed by atoms with Crippen LogP contribution in [0.15, 0.2) is 97.1 Å². The van der Waals surface area contributed by atoms with E-state index >= 15 is 0 Å². The van der Waals surface area contributed by atoms with Crippen molar-refractivity contribution in [1.82, 2.24) is 14.8 Å². The van der Waals surface area contributed by atoms with Crippen molar-refractivity contribution in [3.05, 3.63) is 114 Å². The van der Waals surface area contributed by atoms with Crippen molar-refractivity contribution in [3.63, 3.8) is 0 Å². The maximum Gasteiger partial charge on any atom is 0.168 e. The first-order chi connectivity index (χ1) is 15.6. The van der Waals surface area contributed by atoms with Crippen LogP contribution in [0, 0.1) is 20.8 Å². The lowest BCUT2D eigenvalue weighted by Crippen LogP contribution is -2.03. The van der Waals surface area contributed by atoms with Crippen molar-refractivity contribution in [2.24, 2.45) is 0 Å². The fourth-order valence-electron chi connectivity index (χ4n) is 4.29. The Morgan fingerprint density at radius 2 is 1.06 bits per heavy atom. The predicted molar refractivity (Wildman–Crippen MR) is 132 cm³/mol. The van der Waals surface area contributed by atoms with Crippen LogP contribution in [-0.2, 0) is 0 Å². The summed E-state index contributed by atoms with van der Waals surface area (Å²) in [5.74, 6) is 1.70. The van der Waals surface area contributed by atoms with Crippen LogP contribution >= 0.6 is 0 Å². The smallest absolute Gasteiger partial charge is 0.168 e. The molecule has 0 saturated carbocycles. The molecular weight excluding hydrogens is 390 g/mol. The summed E-state index contributed by atoms with van der Waals surface area (Å²) in [6.07, 6.45) is 0. The van der Waals surface area contributed by atoms with Gasteiger partial charge >= 0.3 is 0 Å². The number of aromatic nitrogens is 3. The zero-order valence-electron chi connectivity index (χ0n) is 18.6. The number of hydrogen-bond acceptors (Lipinski definition) is 2. The molecule has 0 N–H and O–H groups in total. The van der Waals surface area contributed by atoms with Gasteiger partial charge in [-0.05, 0) is 61.7 Å². The molecule has 0 aliphatic heterocycles. The van der Waals surface area contributed by atoms with Gasteiger partial charge < -0.3 is 0 Å². The van der Waals surface area contributed by atoms with Crippen molar-refractivity contribution in [1.29, 1.82) is 0 Å². The van der Waals surface area contributed by atoms with Crippen molar-refractivity contribution >= 4 is 0 Å².